The number of aromatic nitrogens is 1. The number of carbonyl (C=O) groups is 1. The zero-order valence-corrected chi connectivity index (χ0v) is 18.7. The van der Waals surface area contributed by atoms with E-state index in [1.807, 2.05) is 29.7 Å². The highest BCUT2D eigenvalue weighted by Gasteiger charge is 2.17. The van der Waals surface area contributed by atoms with Gasteiger partial charge in [0.25, 0.3) is 0 Å². The molecule has 7 heteroatoms. The summed E-state index contributed by atoms with van der Waals surface area (Å²) in [7, 11) is 0. The van der Waals surface area contributed by atoms with Crippen molar-refractivity contribution in [2.75, 3.05) is 0 Å². The van der Waals surface area contributed by atoms with Gasteiger partial charge in [-0.25, -0.2) is 13.6 Å². The van der Waals surface area contributed by atoms with Gasteiger partial charge in [0, 0.05) is 27.5 Å². The number of halogens is 3. The molecule has 168 valence electrons. The molecule has 0 fully saturated rings. The monoisotopic (exact) mass is 467 g/mol. The summed E-state index contributed by atoms with van der Waals surface area (Å²) in [6.45, 7) is 3.47. The van der Waals surface area contributed by atoms with Crippen LogP contribution in [0.3, 0.4) is 0 Å². The molecule has 0 aliphatic rings. The van der Waals surface area contributed by atoms with Gasteiger partial charge in [0.05, 0.1) is 11.3 Å². The number of carboxylic acids is 1. The quantitative estimate of drug-likeness (QED) is 0.333. The number of ether oxygens (including phenoxy) is 1. The first-order valence-corrected chi connectivity index (χ1v) is 10.5. The van der Waals surface area contributed by atoms with Crippen LogP contribution in [0.25, 0.3) is 16.9 Å². The molecule has 33 heavy (non-hydrogen) atoms. The predicted molar refractivity (Wildman–Crippen MR) is 123 cm³/mol. The molecule has 1 N–H and O–H groups in total. The third-order valence-electron chi connectivity index (χ3n) is 5.39. The molecule has 4 rings (SSSR count). The lowest BCUT2D eigenvalue weighted by Gasteiger charge is -2.17. The number of benzene rings is 3. The van der Waals surface area contributed by atoms with Gasteiger partial charge in [0.15, 0.2) is 0 Å². The second-order valence-electron chi connectivity index (χ2n) is 7.66. The highest BCUT2D eigenvalue weighted by atomic mass is 35.5. The van der Waals surface area contributed by atoms with Crippen molar-refractivity contribution >= 4 is 17.6 Å². The molecule has 3 aromatic carbocycles. The minimum Gasteiger partial charge on any atom is -0.488 e. The number of hydrogen-bond acceptors (Lipinski definition) is 2. The summed E-state index contributed by atoms with van der Waals surface area (Å²) < 4.78 is 35.4. The second kappa shape index (κ2) is 9.08. The Morgan fingerprint density at radius 1 is 1.00 bits per heavy atom. The Morgan fingerprint density at radius 2 is 1.79 bits per heavy atom. The summed E-state index contributed by atoms with van der Waals surface area (Å²) in [5.74, 6) is -1.70. The van der Waals surface area contributed by atoms with Crippen LogP contribution in [0.15, 0.2) is 66.7 Å². The molecule has 0 saturated heterocycles. The van der Waals surface area contributed by atoms with Crippen molar-refractivity contribution in [3.8, 4) is 22.7 Å². The van der Waals surface area contributed by atoms with Gasteiger partial charge in [-0.15, -0.1) is 0 Å². The van der Waals surface area contributed by atoms with Crippen molar-refractivity contribution in [2.24, 2.45) is 0 Å². The van der Waals surface area contributed by atoms with Crippen LogP contribution >= 0.6 is 11.6 Å². The third-order valence-corrected chi connectivity index (χ3v) is 5.63. The van der Waals surface area contributed by atoms with E-state index < -0.39 is 17.6 Å². The molecule has 4 nitrogen and oxygen atoms in total. The fourth-order valence-corrected chi connectivity index (χ4v) is 3.88. The molecule has 0 bridgehead atoms. The summed E-state index contributed by atoms with van der Waals surface area (Å²) in [4.78, 5) is 11.6. The Hall–Kier alpha value is -3.64. The molecule has 1 aromatic heterocycles. The molecule has 0 unspecified atom stereocenters. The Labute approximate surface area is 194 Å². The molecule has 0 saturated carbocycles. The van der Waals surface area contributed by atoms with Crippen LogP contribution in [0.5, 0.6) is 5.75 Å². The van der Waals surface area contributed by atoms with Crippen LogP contribution in [-0.4, -0.2) is 15.6 Å². The van der Waals surface area contributed by atoms with Gasteiger partial charge in [0.1, 0.15) is 24.0 Å². The highest BCUT2D eigenvalue weighted by Crippen LogP contribution is 2.36. The highest BCUT2D eigenvalue weighted by molar-refractivity contribution is 6.31. The van der Waals surface area contributed by atoms with Gasteiger partial charge in [0.2, 0.25) is 0 Å². The van der Waals surface area contributed by atoms with Crippen LogP contribution in [0, 0.1) is 25.5 Å². The maximum Gasteiger partial charge on any atom is 0.336 e. The molecule has 0 aliphatic carbocycles. The summed E-state index contributed by atoms with van der Waals surface area (Å²) in [6, 6.07) is 17.2. The van der Waals surface area contributed by atoms with E-state index in [1.165, 1.54) is 0 Å². The molecule has 0 radical (unpaired) electrons. The Morgan fingerprint density at radius 3 is 2.55 bits per heavy atom. The van der Waals surface area contributed by atoms with E-state index in [0.717, 1.165) is 23.9 Å². The van der Waals surface area contributed by atoms with Gasteiger partial charge in [-0.2, -0.15) is 0 Å². The molecule has 0 spiro atoms. The maximum absolute atomic E-state index is 14.1. The minimum atomic E-state index is -1.01. The van der Waals surface area contributed by atoms with Crippen LogP contribution < -0.4 is 4.74 Å². The third kappa shape index (κ3) is 4.61. The van der Waals surface area contributed by atoms with Crippen molar-refractivity contribution < 1.29 is 23.4 Å². The lowest BCUT2D eigenvalue weighted by molar-refractivity contribution is 0.0696. The SMILES string of the molecule is Cc1ccc(-n2c(C)ccc2-c2cc(Cl)ccc2OCc2cc(F)ccc2F)cc1C(=O)O. The van der Waals surface area contributed by atoms with E-state index in [4.69, 9.17) is 16.3 Å². The summed E-state index contributed by atoms with van der Waals surface area (Å²) in [5, 5.41) is 10.0. The normalized spacial score (nSPS) is 10.9. The second-order valence-corrected chi connectivity index (χ2v) is 8.10. The largest absolute Gasteiger partial charge is 0.488 e. The zero-order chi connectivity index (χ0) is 23.7. The van der Waals surface area contributed by atoms with E-state index in [2.05, 4.69) is 0 Å². The van der Waals surface area contributed by atoms with Crippen molar-refractivity contribution in [1.82, 2.24) is 4.57 Å². The standard InChI is InChI=1S/C26H20ClF2NO3/c1-15-3-7-20(13-21(15)26(31)32)30-16(2)4-9-24(30)22-12-18(27)5-10-25(22)33-14-17-11-19(28)6-8-23(17)29/h3-13H,14H2,1-2H3,(H,31,32). The predicted octanol–water partition coefficient (Wildman–Crippen LogP) is 6.97. The number of hydrogen-bond donors (Lipinski definition) is 1. The number of nitrogens with zero attached hydrogens (tertiary/aromatic N) is 1. The first kappa shape index (κ1) is 22.6. The van der Waals surface area contributed by atoms with Crippen molar-refractivity contribution in [1.29, 1.82) is 0 Å². The van der Waals surface area contributed by atoms with Crippen molar-refractivity contribution in [3.63, 3.8) is 0 Å². The van der Waals surface area contributed by atoms with Crippen molar-refractivity contribution in [3.05, 3.63) is 106 Å². The molecular formula is C26H20ClF2NO3. The smallest absolute Gasteiger partial charge is 0.336 e. The molecule has 1 heterocycles. The van der Waals surface area contributed by atoms with Gasteiger partial charge < -0.3 is 14.4 Å². The number of rotatable bonds is 6. The van der Waals surface area contributed by atoms with Crippen molar-refractivity contribution in [2.45, 2.75) is 20.5 Å². The number of carboxylic acid groups (broad SMARTS) is 1. The number of aromatic carboxylic acids is 1. The first-order chi connectivity index (χ1) is 15.7. The zero-order valence-electron chi connectivity index (χ0n) is 17.9. The van der Waals surface area contributed by atoms with Crippen LogP contribution in [-0.2, 0) is 6.61 Å². The Balaban J connectivity index is 1.78. The summed E-state index contributed by atoms with van der Waals surface area (Å²) in [5.41, 5.74) is 3.82. The van der Waals surface area contributed by atoms with Gasteiger partial charge in [-0.05, 0) is 80.1 Å². The summed E-state index contributed by atoms with van der Waals surface area (Å²) in [6.07, 6.45) is 0. The van der Waals surface area contributed by atoms with E-state index in [-0.39, 0.29) is 17.7 Å². The van der Waals surface area contributed by atoms with E-state index in [1.54, 1.807) is 37.3 Å². The lowest BCUT2D eigenvalue weighted by atomic mass is 10.1. The Kier molecular flexibility index (Phi) is 6.20. The van der Waals surface area contributed by atoms with Gasteiger partial charge in [-0.3, -0.25) is 0 Å². The molecule has 0 aliphatic heterocycles. The van der Waals surface area contributed by atoms with Gasteiger partial charge in [-0.1, -0.05) is 17.7 Å². The van der Waals surface area contributed by atoms with E-state index >= 15 is 0 Å². The topological polar surface area (TPSA) is 51.5 Å². The molecular weight excluding hydrogens is 448 g/mol. The minimum absolute atomic E-state index is 0.0899. The van der Waals surface area contributed by atoms with Crippen LogP contribution in [0.4, 0.5) is 8.78 Å². The molecule has 0 atom stereocenters. The fourth-order valence-electron chi connectivity index (χ4n) is 3.71. The van der Waals surface area contributed by atoms with E-state index in [9.17, 15) is 18.7 Å². The van der Waals surface area contributed by atoms with Crippen LogP contribution in [0.2, 0.25) is 5.02 Å². The lowest BCUT2D eigenvalue weighted by Crippen LogP contribution is -2.05. The average Bonchev–Trinajstić information content (AvgIpc) is 3.16. The fraction of sp³-hybridized carbons (Fsp3) is 0.115. The number of aryl methyl sites for hydroxylation is 2. The Bertz CT molecular complexity index is 1360. The van der Waals surface area contributed by atoms with E-state index in [0.29, 0.717) is 33.3 Å². The molecule has 0 amide bonds. The average molecular weight is 468 g/mol. The van der Waals surface area contributed by atoms with Crippen LogP contribution in [0.1, 0.15) is 27.2 Å². The molecule has 4 aromatic rings. The van der Waals surface area contributed by atoms with Gasteiger partial charge >= 0.3 is 5.97 Å². The summed E-state index contributed by atoms with van der Waals surface area (Å²) >= 11 is 6.27. The maximum atomic E-state index is 14.1. The first-order valence-electron chi connectivity index (χ1n) is 10.1.